The lowest BCUT2D eigenvalue weighted by Gasteiger charge is -2.27. The Balaban J connectivity index is 1.41. The fourth-order valence-corrected chi connectivity index (χ4v) is 4.42. The van der Waals surface area contributed by atoms with Crippen LogP contribution in [0.25, 0.3) is 16.8 Å². The molecule has 4 aromatic rings. The lowest BCUT2D eigenvalue weighted by Crippen LogP contribution is -2.40. The van der Waals surface area contributed by atoms with Crippen molar-refractivity contribution in [2.24, 2.45) is 0 Å². The fraction of sp³-hybridized carbons (Fsp3) is 0.304. The summed E-state index contributed by atoms with van der Waals surface area (Å²) in [5, 5.41) is 8.45. The number of oxazole rings is 1. The lowest BCUT2D eigenvalue weighted by molar-refractivity contribution is 0.0704. The zero-order chi connectivity index (χ0) is 22.2. The largest absolute Gasteiger partial charge is 0.423 e. The number of amides is 1. The molecule has 1 aliphatic heterocycles. The number of carbonyl (C=O) groups is 1. The Morgan fingerprint density at radius 3 is 2.72 bits per heavy atom. The van der Waals surface area contributed by atoms with Crippen LogP contribution in [0.15, 0.2) is 57.7 Å². The highest BCUT2D eigenvalue weighted by Crippen LogP contribution is 2.27. The van der Waals surface area contributed by atoms with Gasteiger partial charge in [-0.2, -0.15) is 20.0 Å². The molecule has 0 N–H and O–H groups in total. The third-order valence-electron chi connectivity index (χ3n) is 5.85. The Labute approximate surface area is 193 Å². The summed E-state index contributed by atoms with van der Waals surface area (Å²) in [5.41, 5.74) is 3.88. The molecule has 1 atom stereocenters. The van der Waals surface area contributed by atoms with E-state index in [0.29, 0.717) is 30.4 Å². The molecule has 5 rings (SSSR count). The highest BCUT2D eigenvalue weighted by atomic mass is 79.9. The molecule has 1 aliphatic rings. The van der Waals surface area contributed by atoms with Crippen molar-refractivity contribution in [3.63, 3.8) is 0 Å². The zero-order valence-electron chi connectivity index (χ0n) is 17.9. The summed E-state index contributed by atoms with van der Waals surface area (Å²) in [7, 11) is 0. The smallest absolute Gasteiger partial charge is 0.298 e. The first-order chi connectivity index (χ1) is 15.5. The number of aromatic nitrogens is 4. The number of carbonyl (C=O) groups excluding carboxylic acids is 1. The SMILES string of the molecule is Cc1ccc(-n2nccn2)c(C(=O)N2CCN(c3nc4cc(Br)ccc4o3)CC[C@@H]2C)c1. The second kappa shape index (κ2) is 8.38. The Bertz CT molecular complexity index is 1270. The van der Waals surface area contributed by atoms with E-state index < -0.39 is 0 Å². The highest BCUT2D eigenvalue weighted by Gasteiger charge is 2.29. The van der Waals surface area contributed by atoms with Crippen LogP contribution in [0.4, 0.5) is 6.01 Å². The standard InChI is InChI=1S/C23H23BrN6O2/c1-15-3-5-20(30-25-8-9-26-30)18(13-15)22(31)29-12-11-28(10-7-16(29)2)23-27-19-14-17(24)4-6-21(19)32-23/h3-6,8-9,13-14,16H,7,10-12H2,1-2H3/t16-/m0/s1. The number of anilines is 1. The van der Waals surface area contributed by atoms with Crippen LogP contribution in [0.3, 0.4) is 0 Å². The molecule has 1 amide bonds. The molecule has 2 aromatic carbocycles. The van der Waals surface area contributed by atoms with Gasteiger partial charge in [-0.25, -0.2) is 0 Å². The maximum atomic E-state index is 13.6. The van der Waals surface area contributed by atoms with E-state index in [9.17, 15) is 4.79 Å². The molecule has 1 saturated heterocycles. The van der Waals surface area contributed by atoms with Gasteiger partial charge in [0, 0.05) is 30.1 Å². The van der Waals surface area contributed by atoms with Crippen molar-refractivity contribution in [1.82, 2.24) is 24.9 Å². The van der Waals surface area contributed by atoms with Crippen molar-refractivity contribution >= 4 is 39.0 Å². The predicted octanol–water partition coefficient (Wildman–Crippen LogP) is 4.22. The van der Waals surface area contributed by atoms with Crippen molar-refractivity contribution in [3.05, 3.63) is 64.4 Å². The maximum Gasteiger partial charge on any atom is 0.298 e. The number of nitrogens with zero attached hydrogens (tertiary/aromatic N) is 6. The van der Waals surface area contributed by atoms with Crippen LogP contribution in [0, 0.1) is 6.92 Å². The number of rotatable bonds is 3. The molecule has 0 aliphatic carbocycles. The van der Waals surface area contributed by atoms with E-state index in [-0.39, 0.29) is 11.9 Å². The molecule has 0 spiro atoms. The van der Waals surface area contributed by atoms with Gasteiger partial charge in [0.15, 0.2) is 5.58 Å². The van der Waals surface area contributed by atoms with Gasteiger partial charge in [0.2, 0.25) is 0 Å². The molecule has 0 radical (unpaired) electrons. The predicted molar refractivity (Wildman–Crippen MR) is 125 cm³/mol. The number of aryl methyl sites for hydroxylation is 1. The molecule has 0 unspecified atom stereocenters. The first-order valence-electron chi connectivity index (χ1n) is 10.6. The Kier molecular flexibility index (Phi) is 5.42. The van der Waals surface area contributed by atoms with E-state index in [2.05, 4.69) is 42.9 Å². The summed E-state index contributed by atoms with van der Waals surface area (Å²) in [5.74, 6) is -0.0168. The minimum absolute atomic E-state index is 0.0168. The average molecular weight is 495 g/mol. The van der Waals surface area contributed by atoms with Crippen LogP contribution in [0.1, 0.15) is 29.3 Å². The van der Waals surface area contributed by atoms with Crippen LogP contribution in [0.5, 0.6) is 0 Å². The Morgan fingerprint density at radius 2 is 1.91 bits per heavy atom. The zero-order valence-corrected chi connectivity index (χ0v) is 19.5. The minimum Gasteiger partial charge on any atom is -0.423 e. The van der Waals surface area contributed by atoms with Crippen LogP contribution >= 0.6 is 15.9 Å². The summed E-state index contributed by atoms with van der Waals surface area (Å²) < 4.78 is 6.95. The molecular formula is C23H23BrN6O2. The maximum absolute atomic E-state index is 13.6. The van der Waals surface area contributed by atoms with Crippen molar-refractivity contribution in [3.8, 4) is 5.69 Å². The van der Waals surface area contributed by atoms with E-state index in [1.807, 2.05) is 48.2 Å². The first-order valence-corrected chi connectivity index (χ1v) is 11.4. The van der Waals surface area contributed by atoms with Gasteiger partial charge >= 0.3 is 0 Å². The van der Waals surface area contributed by atoms with E-state index in [1.165, 1.54) is 4.80 Å². The van der Waals surface area contributed by atoms with Gasteiger partial charge in [-0.05, 0) is 50.6 Å². The summed E-state index contributed by atoms with van der Waals surface area (Å²) in [6.07, 6.45) is 4.04. The highest BCUT2D eigenvalue weighted by molar-refractivity contribution is 9.10. The topological polar surface area (TPSA) is 80.3 Å². The number of halogens is 1. The third kappa shape index (κ3) is 3.88. The van der Waals surface area contributed by atoms with Crippen molar-refractivity contribution in [1.29, 1.82) is 0 Å². The van der Waals surface area contributed by atoms with Crippen molar-refractivity contribution in [2.45, 2.75) is 26.3 Å². The monoisotopic (exact) mass is 494 g/mol. The van der Waals surface area contributed by atoms with Crippen LogP contribution in [-0.2, 0) is 0 Å². The number of hydrogen-bond donors (Lipinski definition) is 0. The van der Waals surface area contributed by atoms with E-state index >= 15 is 0 Å². The van der Waals surface area contributed by atoms with E-state index in [4.69, 9.17) is 4.42 Å². The van der Waals surface area contributed by atoms with Crippen molar-refractivity contribution < 1.29 is 9.21 Å². The second-order valence-electron chi connectivity index (χ2n) is 8.07. The first kappa shape index (κ1) is 20.7. The Morgan fingerprint density at radius 1 is 1.09 bits per heavy atom. The van der Waals surface area contributed by atoms with Gasteiger partial charge in [0.25, 0.3) is 11.9 Å². The molecular weight excluding hydrogens is 472 g/mol. The second-order valence-corrected chi connectivity index (χ2v) is 8.99. The summed E-state index contributed by atoms with van der Waals surface area (Å²) >= 11 is 3.48. The van der Waals surface area contributed by atoms with Crippen LogP contribution in [-0.4, -0.2) is 56.5 Å². The summed E-state index contributed by atoms with van der Waals surface area (Å²) in [6, 6.07) is 12.2. The molecule has 3 heterocycles. The summed E-state index contributed by atoms with van der Waals surface area (Å²) in [6.45, 7) is 6.05. The number of benzene rings is 2. The van der Waals surface area contributed by atoms with Crippen molar-refractivity contribution in [2.75, 3.05) is 24.5 Å². The van der Waals surface area contributed by atoms with Gasteiger partial charge in [-0.15, -0.1) is 0 Å². The van der Waals surface area contributed by atoms with Gasteiger partial charge in [0.05, 0.1) is 23.6 Å². The molecule has 32 heavy (non-hydrogen) atoms. The van der Waals surface area contributed by atoms with Gasteiger partial charge < -0.3 is 14.2 Å². The van der Waals surface area contributed by atoms with Crippen LogP contribution < -0.4 is 4.90 Å². The van der Waals surface area contributed by atoms with Gasteiger partial charge in [0.1, 0.15) is 5.52 Å². The fourth-order valence-electron chi connectivity index (χ4n) is 4.07. The van der Waals surface area contributed by atoms with Gasteiger partial charge in [-0.1, -0.05) is 27.6 Å². The van der Waals surface area contributed by atoms with Gasteiger partial charge in [-0.3, -0.25) is 4.79 Å². The molecule has 164 valence electrons. The number of hydrogen-bond acceptors (Lipinski definition) is 6. The Hall–Kier alpha value is -3.20. The minimum atomic E-state index is -0.0168. The van der Waals surface area contributed by atoms with E-state index in [0.717, 1.165) is 34.1 Å². The molecule has 9 heteroatoms. The molecule has 1 fully saturated rings. The molecule has 8 nitrogen and oxygen atoms in total. The third-order valence-corrected chi connectivity index (χ3v) is 6.34. The quantitative estimate of drug-likeness (QED) is 0.424. The molecule has 0 saturated carbocycles. The molecule has 0 bridgehead atoms. The van der Waals surface area contributed by atoms with Crippen LogP contribution in [0.2, 0.25) is 0 Å². The lowest BCUT2D eigenvalue weighted by atomic mass is 10.1. The summed E-state index contributed by atoms with van der Waals surface area (Å²) in [4.78, 5) is 23.8. The normalized spacial score (nSPS) is 17.0. The average Bonchev–Trinajstić information content (AvgIpc) is 3.41. The number of fused-ring (bicyclic) bond motifs is 1. The molecule has 2 aromatic heterocycles. The van der Waals surface area contributed by atoms with E-state index in [1.54, 1.807) is 12.4 Å².